The highest BCUT2D eigenvalue weighted by Crippen LogP contribution is 2.23. The maximum atomic E-state index is 12.4. The highest BCUT2D eigenvalue weighted by atomic mass is 16.5. The molecule has 1 heterocycles. The SMILES string of the molecule is COC(=O)c1cc(-c2ccccc2)oc(=NC2CCCCC2)c1C(=O)OC. The third kappa shape index (κ3) is 4.27. The number of rotatable bonds is 4. The van der Waals surface area contributed by atoms with Crippen LogP contribution < -0.4 is 5.55 Å². The summed E-state index contributed by atoms with van der Waals surface area (Å²) < 4.78 is 15.7. The average molecular weight is 369 g/mol. The van der Waals surface area contributed by atoms with E-state index in [-0.39, 0.29) is 22.7 Å². The maximum Gasteiger partial charge on any atom is 0.344 e. The molecular weight excluding hydrogens is 346 g/mol. The molecule has 0 bridgehead atoms. The molecule has 6 heteroatoms. The van der Waals surface area contributed by atoms with Crippen molar-refractivity contribution >= 4 is 11.9 Å². The second-order valence-corrected chi connectivity index (χ2v) is 6.47. The summed E-state index contributed by atoms with van der Waals surface area (Å²) in [6.45, 7) is 0. The Kier molecular flexibility index (Phi) is 6.06. The van der Waals surface area contributed by atoms with Crippen LogP contribution in [0.2, 0.25) is 0 Å². The quantitative estimate of drug-likeness (QED) is 0.767. The minimum absolute atomic E-state index is 0.00889. The average Bonchev–Trinajstić information content (AvgIpc) is 2.73. The van der Waals surface area contributed by atoms with Gasteiger partial charge in [-0.3, -0.25) is 0 Å². The molecule has 0 spiro atoms. The van der Waals surface area contributed by atoms with Gasteiger partial charge in [0.1, 0.15) is 11.3 Å². The Bertz CT molecular complexity index is 879. The number of ether oxygens (including phenoxy) is 2. The van der Waals surface area contributed by atoms with Crippen molar-refractivity contribution < 1.29 is 23.5 Å². The molecule has 6 nitrogen and oxygen atoms in total. The van der Waals surface area contributed by atoms with Crippen LogP contribution in [-0.2, 0) is 9.47 Å². The van der Waals surface area contributed by atoms with Crippen LogP contribution in [0.1, 0.15) is 52.8 Å². The van der Waals surface area contributed by atoms with Gasteiger partial charge in [-0.15, -0.1) is 0 Å². The van der Waals surface area contributed by atoms with Crippen molar-refractivity contribution in [3.63, 3.8) is 0 Å². The fraction of sp³-hybridized carbons (Fsp3) is 0.381. The molecule has 0 aliphatic heterocycles. The standard InChI is InChI=1S/C21H23NO5/c1-25-20(23)16-13-17(14-9-5-3-6-10-14)27-19(18(16)21(24)26-2)22-15-11-7-4-8-12-15/h3,5-6,9-10,13,15H,4,7-8,11-12H2,1-2H3. The summed E-state index contributed by atoms with van der Waals surface area (Å²) in [6.07, 6.45) is 5.22. The van der Waals surface area contributed by atoms with Crippen molar-refractivity contribution in [3.8, 4) is 11.3 Å². The Morgan fingerprint density at radius 3 is 2.30 bits per heavy atom. The third-order valence-electron chi connectivity index (χ3n) is 4.69. The first-order chi connectivity index (χ1) is 13.1. The van der Waals surface area contributed by atoms with Gasteiger partial charge in [0.05, 0.1) is 25.8 Å². The van der Waals surface area contributed by atoms with E-state index in [1.165, 1.54) is 26.7 Å². The number of benzene rings is 1. The van der Waals surface area contributed by atoms with Crippen LogP contribution in [0.3, 0.4) is 0 Å². The van der Waals surface area contributed by atoms with Crippen LogP contribution in [0.4, 0.5) is 0 Å². The number of carbonyl (C=O) groups is 2. The second kappa shape index (κ2) is 8.66. The van der Waals surface area contributed by atoms with Crippen LogP contribution in [0, 0.1) is 0 Å². The first kappa shape index (κ1) is 18.9. The largest absolute Gasteiger partial charge is 0.465 e. The Labute approximate surface area is 157 Å². The molecular formula is C21H23NO5. The van der Waals surface area contributed by atoms with Gasteiger partial charge < -0.3 is 13.9 Å². The Hall–Kier alpha value is -2.89. The smallest absolute Gasteiger partial charge is 0.344 e. The van der Waals surface area contributed by atoms with Crippen LogP contribution in [0.5, 0.6) is 0 Å². The summed E-state index contributed by atoms with van der Waals surface area (Å²) in [7, 11) is 2.53. The van der Waals surface area contributed by atoms with E-state index in [9.17, 15) is 9.59 Å². The minimum atomic E-state index is -0.673. The second-order valence-electron chi connectivity index (χ2n) is 6.47. The van der Waals surface area contributed by atoms with E-state index in [1.807, 2.05) is 30.3 Å². The van der Waals surface area contributed by atoms with Gasteiger partial charge in [0.2, 0.25) is 5.55 Å². The van der Waals surface area contributed by atoms with Crippen LogP contribution in [0.15, 0.2) is 45.8 Å². The Morgan fingerprint density at radius 1 is 1.00 bits per heavy atom. The predicted molar refractivity (Wildman–Crippen MR) is 99.3 cm³/mol. The van der Waals surface area contributed by atoms with Gasteiger partial charge in [-0.25, -0.2) is 14.6 Å². The van der Waals surface area contributed by atoms with Crippen molar-refractivity contribution in [2.45, 2.75) is 38.1 Å². The summed E-state index contributed by atoms with van der Waals surface area (Å²) >= 11 is 0. The molecule has 0 unspecified atom stereocenters. The first-order valence-corrected chi connectivity index (χ1v) is 9.08. The fourth-order valence-electron chi connectivity index (χ4n) is 3.28. The monoisotopic (exact) mass is 369 g/mol. The lowest BCUT2D eigenvalue weighted by molar-refractivity contribution is 0.0549. The maximum absolute atomic E-state index is 12.4. The van der Waals surface area contributed by atoms with Crippen LogP contribution in [0.25, 0.3) is 11.3 Å². The third-order valence-corrected chi connectivity index (χ3v) is 4.69. The molecule has 0 N–H and O–H groups in total. The van der Waals surface area contributed by atoms with Crippen molar-refractivity contribution in [1.29, 1.82) is 0 Å². The highest BCUT2D eigenvalue weighted by molar-refractivity contribution is 6.03. The fourth-order valence-corrected chi connectivity index (χ4v) is 3.28. The van der Waals surface area contributed by atoms with Gasteiger partial charge in [-0.2, -0.15) is 0 Å². The number of esters is 2. The number of hydrogen-bond acceptors (Lipinski definition) is 6. The van der Waals surface area contributed by atoms with Gasteiger partial charge in [0, 0.05) is 5.56 Å². The molecule has 142 valence electrons. The molecule has 1 saturated carbocycles. The lowest BCUT2D eigenvalue weighted by Gasteiger charge is -2.17. The molecule has 0 amide bonds. The predicted octanol–water partition coefficient (Wildman–Crippen LogP) is 3.75. The van der Waals surface area contributed by atoms with Gasteiger partial charge in [0.15, 0.2) is 0 Å². The molecule has 1 aliphatic rings. The molecule has 0 radical (unpaired) electrons. The Balaban J connectivity index is 2.24. The van der Waals surface area contributed by atoms with E-state index in [4.69, 9.17) is 13.9 Å². The van der Waals surface area contributed by atoms with Crippen molar-refractivity contribution in [1.82, 2.24) is 0 Å². The van der Waals surface area contributed by atoms with E-state index >= 15 is 0 Å². The molecule has 3 rings (SSSR count). The lowest BCUT2D eigenvalue weighted by Crippen LogP contribution is -2.25. The molecule has 2 aromatic rings. The van der Waals surface area contributed by atoms with E-state index in [0.717, 1.165) is 31.2 Å². The zero-order chi connectivity index (χ0) is 19.2. The lowest BCUT2D eigenvalue weighted by atomic mass is 9.96. The minimum Gasteiger partial charge on any atom is -0.465 e. The zero-order valence-electron chi connectivity index (χ0n) is 15.6. The van der Waals surface area contributed by atoms with Crippen molar-refractivity contribution in [2.75, 3.05) is 14.2 Å². The van der Waals surface area contributed by atoms with Gasteiger partial charge in [0.25, 0.3) is 0 Å². The zero-order valence-corrected chi connectivity index (χ0v) is 15.6. The highest BCUT2D eigenvalue weighted by Gasteiger charge is 2.25. The molecule has 1 aromatic heterocycles. The number of nitrogens with zero attached hydrogens (tertiary/aromatic N) is 1. The van der Waals surface area contributed by atoms with Gasteiger partial charge in [-0.05, 0) is 18.9 Å². The van der Waals surface area contributed by atoms with Gasteiger partial charge >= 0.3 is 11.9 Å². The summed E-state index contributed by atoms with van der Waals surface area (Å²) in [5, 5.41) is 0. The van der Waals surface area contributed by atoms with E-state index in [1.54, 1.807) is 0 Å². The number of methoxy groups -OCH3 is 2. The Morgan fingerprint density at radius 2 is 1.67 bits per heavy atom. The van der Waals surface area contributed by atoms with E-state index in [2.05, 4.69) is 4.99 Å². The van der Waals surface area contributed by atoms with Crippen LogP contribution >= 0.6 is 0 Å². The first-order valence-electron chi connectivity index (χ1n) is 9.08. The van der Waals surface area contributed by atoms with Crippen molar-refractivity contribution in [2.24, 2.45) is 4.99 Å². The summed E-state index contributed by atoms with van der Waals surface area (Å²) in [5.74, 6) is -0.866. The normalized spacial score (nSPS) is 15.4. The topological polar surface area (TPSA) is 78.1 Å². The van der Waals surface area contributed by atoms with Gasteiger partial charge in [-0.1, -0.05) is 49.6 Å². The molecule has 0 saturated heterocycles. The molecule has 1 aromatic carbocycles. The molecule has 1 fully saturated rings. The molecule has 27 heavy (non-hydrogen) atoms. The van der Waals surface area contributed by atoms with Crippen molar-refractivity contribution in [3.05, 3.63) is 53.1 Å². The molecule has 0 atom stereocenters. The van der Waals surface area contributed by atoms with E-state index < -0.39 is 11.9 Å². The number of hydrogen-bond donors (Lipinski definition) is 0. The summed E-state index contributed by atoms with van der Waals surface area (Å²) in [4.78, 5) is 29.5. The molecule has 1 aliphatic carbocycles. The van der Waals surface area contributed by atoms with E-state index in [0.29, 0.717) is 5.76 Å². The summed E-state index contributed by atoms with van der Waals surface area (Å²) in [6, 6.07) is 10.9. The summed E-state index contributed by atoms with van der Waals surface area (Å²) in [5.41, 5.74) is 0.994. The van der Waals surface area contributed by atoms with Crippen LogP contribution in [-0.4, -0.2) is 32.2 Å². The number of carbonyl (C=O) groups excluding carboxylic acids is 2.